The molecule has 0 atom stereocenters. The Kier molecular flexibility index (Phi) is 3.38. The Bertz CT molecular complexity index is 860. The molecule has 7 heteroatoms. The Balaban J connectivity index is 2.04. The Hall–Kier alpha value is -3.09. The highest BCUT2D eigenvalue weighted by atomic mass is 19.1. The van der Waals surface area contributed by atoms with Gasteiger partial charge in [-0.3, -0.25) is 0 Å². The molecule has 6 nitrogen and oxygen atoms in total. The number of H-pyrrole nitrogens is 1. The molecule has 1 N–H and O–H groups in total. The third-order valence-electron chi connectivity index (χ3n) is 3.10. The number of benzene rings is 1. The van der Waals surface area contributed by atoms with Gasteiger partial charge < -0.3 is 14.7 Å². The number of nitrogens with zero attached hydrogens (tertiary/aromatic N) is 1. The van der Waals surface area contributed by atoms with Gasteiger partial charge in [0.1, 0.15) is 23.3 Å². The summed E-state index contributed by atoms with van der Waals surface area (Å²) in [5, 5.41) is 12.5. The summed E-state index contributed by atoms with van der Waals surface area (Å²) in [6.45, 7) is 0. The van der Waals surface area contributed by atoms with Crippen LogP contribution in [0.5, 0.6) is 11.5 Å². The molecule has 0 radical (unpaired) electrons. The van der Waals surface area contributed by atoms with E-state index in [1.165, 1.54) is 19.4 Å². The van der Waals surface area contributed by atoms with E-state index < -0.39 is 11.8 Å². The van der Waals surface area contributed by atoms with Crippen molar-refractivity contribution in [2.24, 2.45) is 0 Å². The van der Waals surface area contributed by atoms with E-state index in [9.17, 15) is 14.4 Å². The number of hydrogen-bond donors (Lipinski definition) is 1. The average molecular weight is 302 g/mol. The second-order valence-electron chi connectivity index (χ2n) is 4.52. The van der Waals surface area contributed by atoms with E-state index in [-0.39, 0.29) is 17.1 Å². The number of aromatic amines is 1. The van der Waals surface area contributed by atoms with Gasteiger partial charge in [0.25, 0.3) is 5.65 Å². The molecule has 112 valence electrons. The van der Waals surface area contributed by atoms with Crippen molar-refractivity contribution in [3.63, 3.8) is 0 Å². The van der Waals surface area contributed by atoms with Gasteiger partial charge >= 0.3 is 5.97 Å². The standard InChI is InChI=1S/C15H11FN2O4/c1-21-15(19)12-3-2-10(16)7-13(12)22-11-6-9-4-5-17-14(9)18(20)8-11/h2-8,17H,1H3. The lowest BCUT2D eigenvalue weighted by atomic mass is 10.2. The molecule has 2 heterocycles. The van der Waals surface area contributed by atoms with E-state index in [1.54, 1.807) is 18.3 Å². The summed E-state index contributed by atoms with van der Waals surface area (Å²) in [6, 6.07) is 6.75. The summed E-state index contributed by atoms with van der Waals surface area (Å²) in [5.74, 6) is -1.08. The van der Waals surface area contributed by atoms with Crippen molar-refractivity contribution >= 4 is 17.0 Å². The van der Waals surface area contributed by atoms with Crippen LogP contribution in [0.15, 0.2) is 42.7 Å². The fourth-order valence-electron chi connectivity index (χ4n) is 2.09. The molecule has 0 fully saturated rings. The molecule has 1 aromatic carbocycles. The molecule has 0 spiro atoms. The number of nitrogens with one attached hydrogen (secondary N) is 1. The molecule has 0 aliphatic carbocycles. The minimum absolute atomic E-state index is 0.0262. The Morgan fingerprint density at radius 3 is 2.91 bits per heavy atom. The van der Waals surface area contributed by atoms with Gasteiger partial charge in [-0.05, 0) is 18.2 Å². The predicted molar refractivity (Wildman–Crippen MR) is 75.1 cm³/mol. The van der Waals surface area contributed by atoms with Crippen LogP contribution in [-0.4, -0.2) is 18.1 Å². The number of carbonyl (C=O) groups is 1. The minimum atomic E-state index is -0.660. The van der Waals surface area contributed by atoms with Crippen molar-refractivity contribution in [3.8, 4) is 11.5 Å². The highest BCUT2D eigenvalue weighted by Gasteiger charge is 2.16. The van der Waals surface area contributed by atoms with Gasteiger partial charge in [-0.1, -0.05) is 0 Å². The summed E-state index contributed by atoms with van der Waals surface area (Å²) in [7, 11) is 1.22. The first kappa shape index (κ1) is 13.9. The van der Waals surface area contributed by atoms with Crippen LogP contribution in [0.1, 0.15) is 10.4 Å². The molecule has 0 saturated carbocycles. The third-order valence-corrected chi connectivity index (χ3v) is 3.10. The maximum absolute atomic E-state index is 13.4. The zero-order valence-corrected chi connectivity index (χ0v) is 11.5. The second-order valence-corrected chi connectivity index (χ2v) is 4.52. The van der Waals surface area contributed by atoms with Gasteiger partial charge in [0.15, 0.2) is 5.75 Å². The summed E-state index contributed by atoms with van der Waals surface area (Å²) >= 11 is 0. The molecule has 0 aliphatic rings. The topological polar surface area (TPSA) is 78.3 Å². The SMILES string of the molecule is COC(=O)c1ccc(F)cc1Oc1cc2cc[nH]c2[n+]([O-])c1. The summed E-state index contributed by atoms with van der Waals surface area (Å²) in [6.07, 6.45) is 2.80. The number of fused-ring (bicyclic) bond motifs is 1. The summed E-state index contributed by atoms with van der Waals surface area (Å²) in [4.78, 5) is 14.5. The minimum Gasteiger partial charge on any atom is -0.710 e. The quantitative estimate of drug-likeness (QED) is 0.458. The lowest BCUT2D eigenvalue weighted by Crippen LogP contribution is -2.26. The van der Waals surface area contributed by atoms with Crippen LogP contribution in [-0.2, 0) is 4.74 Å². The monoisotopic (exact) mass is 302 g/mol. The largest absolute Gasteiger partial charge is 0.710 e. The maximum Gasteiger partial charge on any atom is 0.341 e. The lowest BCUT2D eigenvalue weighted by Gasteiger charge is -2.11. The molecule has 2 aromatic heterocycles. The van der Waals surface area contributed by atoms with E-state index in [4.69, 9.17) is 4.74 Å². The molecule has 3 rings (SSSR count). The number of aromatic nitrogens is 2. The molecule has 22 heavy (non-hydrogen) atoms. The van der Waals surface area contributed by atoms with Crippen molar-refractivity contribution in [2.45, 2.75) is 0 Å². The maximum atomic E-state index is 13.4. The van der Waals surface area contributed by atoms with Gasteiger partial charge in [0, 0.05) is 12.1 Å². The van der Waals surface area contributed by atoms with Crippen molar-refractivity contribution in [1.82, 2.24) is 4.98 Å². The summed E-state index contributed by atoms with van der Waals surface area (Å²) < 4.78 is 24.1. The van der Waals surface area contributed by atoms with Crippen LogP contribution < -0.4 is 9.47 Å². The molecule has 0 unspecified atom stereocenters. The first-order chi connectivity index (χ1) is 10.6. The van der Waals surface area contributed by atoms with Gasteiger partial charge in [0.05, 0.1) is 18.7 Å². The number of pyridine rings is 1. The van der Waals surface area contributed by atoms with Gasteiger partial charge in [-0.25, -0.2) is 18.9 Å². The van der Waals surface area contributed by atoms with E-state index >= 15 is 0 Å². The van der Waals surface area contributed by atoms with Crippen molar-refractivity contribution < 1.29 is 23.4 Å². The molecule has 0 saturated heterocycles. The first-order valence-electron chi connectivity index (χ1n) is 6.34. The van der Waals surface area contributed by atoms with Gasteiger partial charge in [-0.2, -0.15) is 0 Å². The number of ether oxygens (including phenoxy) is 2. The predicted octanol–water partition coefficient (Wildman–Crippen LogP) is 2.52. The van der Waals surface area contributed by atoms with E-state index in [0.717, 1.165) is 12.1 Å². The number of hydrogen-bond acceptors (Lipinski definition) is 4. The molecular weight excluding hydrogens is 291 g/mol. The number of esters is 1. The van der Waals surface area contributed by atoms with Crippen molar-refractivity contribution in [2.75, 3.05) is 7.11 Å². The Morgan fingerprint density at radius 2 is 2.14 bits per heavy atom. The van der Waals surface area contributed by atoms with Crippen LogP contribution in [0.4, 0.5) is 4.39 Å². The number of carbonyl (C=O) groups excluding carboxylic acids is 1. The zero-order chi connectivity index (χ0) is 15.7. The van der Waals surface area contributed by atoms with Crippen LogP contribution in [0, 0.1) is 11.0 Å². The van der Waals surface area contributed by atoms with Crippen molar-refractivity contribution in [3.05, 3.63) is 59.3 Å². The zero-order valence-electron chi connectivity index (χ0n) is 11.5. The molecule has 0 bridgehead atoms. The van der Waals surface area contributed by atoms with Crippen LogP contribution in [0.2, 0.25) is 0 Å². The Labute approximate surface area is 124 Å². The fourth-order valence-corrected chi connectivity index (χ4v) is 2.09. The van der Waals surface area contributed by atoms with Gasteiger partial charge in [0.2, 0.25) is 0 Å². The van der Waals surface area contributed by atoms with E-state index in [2.05, 4.69) is 9.72 Å². The highest BCUT2D eigenvalue weighted by Crippen LogP contribution is 2.27. The number of methoxy groups -OCH3 is 1. The van der Waals surface area contributed by atoms with Gasteiger partial charge in [-0.15, -0.1) is 0 Å². The molecular formula is C15H11FN2O4. The van der Waals surface area contributed by atoms with Crippen molar-refractivity contribution in [1.29, 1.82) is 0 Å². The molecule has 3 aromatic rings. The second kappa shape index (κ2) is 5.36. The first-order valence-corrected chi connectivity index (χ1v) is 6.34. The normalized spacial score (nSPS) is 10.6. The number of halogens is 1. The van der Waals surface area contributed by atoms with E-state index in [0.29, 0.717) is 15.8 Å². The molecule has 0 amide bonds. The average Bonchev–Trinajstić information content (AvgIpc) is 2.95. The molecule has 0 aliphatic heterocycles. The van der Waals surface area contributed by atoms with Crippen LogP contribution in [0.25, 0.3) is 11.0 Å². The smallest absolute Gasteiger partial charge is 0.341 e. The number of rotatable bonds is 3. The van der Waals surface area contributed by atoms with Crippen LogP contribution in [0.3, 0.4) is 0 Å². The van der Waals surface area contributed by atoms with E-state index in [1.807, 2.05) is 0 Å². The highest BCUT2D eigenvalue weighted by molar-refractivity contribution is 5.92. The summed E-state index contributed by atoms with van der Waals surface area (Å²) in [5.41, 5.74) is 0.440. The van der Waals surface area contributed by atoms with Crippen LogP contribution >= 0.6 is 0 Å². The lowest BCUT2D eigenvalue weighted by molar-refractivity contribution is -0.579. The fraction of sp³-hybridized carbons (Fsp3) is 0.0667. The Morgan fingerprint density at radius 1 is 1.32 bits per heavy atom. The third kappa shape index (κ3) is 2.44.